The van der Waals surface area contributed by atoms with Crippen LogP contribution >= 0.6 is 0 Å². The molecule has 1 aliphatic carbocycles. The lowest BCUT2D eigenvalue weighted by Crippen LogP contribution is -2.39. The van der Waals surface area contributed by atoms with Crippen molar-refractivity contribution in [3.05, 3.63) is 0 Å². The lowest BCUT2D eigenvalue weighted by molar-refractivity contribution is -0.135. The molecule has 0 radical (unpaired) electrons. The van der Waals surface area contributed by atoms with Crippen molar-refractivity contribution in [2.45, 2.75) is 52.0 Å². The molecule has 0 saturated heterocycles. The zero-order valence-electron chi connectivity index (χ0n) is 10.9. The Hall–Kier alpha value is -0.570. The predicted octanol–water partition coefficient (Wildman–Crippen LogP) is 2.01. The van der Waals surface area contributed by atoms with Crippen molar-refractivity contribution in [2.75, 3.05) is 13.6 Å². The molecular formula is C13H26N2O. The van der Waals surface area contributed by atoms with E-state index in [4.69, 9.17) is 5.73 Å². The summed E-state index contributed by atoms with van der Waals surface area (Å²) in [6, 6.07) is 0.311. The molecule has 0 aromatic heterocycles. The zero-order chi connectivity index (χ0) is 12.1. The summed E-state index contributed by atoms with van der Waals surface area (Å²) in [4.78, 5) is 14.0. The van der Waals surface area contributed by atoms with Gasteiger partial charge >= 0.3 is 0 Å². The molecule has 3 atom stereocenters. The van der Waals surface area contributed by atoms with Gasteiger partial charge in [-0.05, 0) is 31.6 Å². The van der Waals surface area contributed by atoms with Crippen LogP contribution in [0.25, 0.3) is 0 Å². The van der Waals surface area contributed by atoms with Gasteiger partial charge < -0.3 is 10.6 Å². The van der Waals surface area contributed by atoms with Crippen LogP contribution in [0, 0.1) is 11.8 Å². The average molecular weight is 226 g/mol. The van der Waals surface area contributed by atoms with Gasteiger partial charge in [-0.1, -0.05) is 20.3 Å². The van der Waals surface area contributed by atoms with Gasteiger partial charge in [-0.2, -0.15) is 0 Å². The molecular weight excluding hydrogens is 200 g/mol. The number of nitrogens with two attached hydrogens (primary N) is 1. The third-order valence-electron chi connectivity index (χ3n) is 3.79. The summed E-state index contributed by atoms with van der Waals surface area (Å²) in [5.41, 5.74) is 5.97. The SMILES string of the molecule is CCCN(C)C(=O)C(C)C1CCCC(N)C1. The molecule has 1 amide bonds. The molecule has 1 rings (SSSR count). The van der Waals surface area contributed by atoms with Crippen molar-refractivity contribution in [3.8, 4) is 0 Å². The lowest BCUT2D eigenvalue weighted by atomic mass is 9.78. The summed E-state index contributed by atoms with van der Waals surface area (Å²) in [6.07, 6.45) is 5.52. The fourth-order valence-electron chi connectivity index (χ4n) is 2.72. The summed E-state index contributed by atoms with van der Waals surface area (Å²) in [5, 5.41) is 0. The molecule has 3 heteroatoms. The Labute approximate surface area is 99.4 Å². The first-order valence-electron chi connectivity index (χ1n) is 6.56. The van der Waals surface area contributed by atoms with Crippen LogP contribution in [0.2, 0.25) is 0 Å². The van der Waals surface area contributed by atoms with E-state index in [1.807, 2.05) is 11.9 Å². The van der Waals surface area contributed by atoms with Crippen LogP contribution in [0.15, 0.2) is 0 Å². The highest BCUT2D eigenvalue weighted by Gasteiger charge is 2.29. The minimum atomic E-state index is 0.142. The van der Waals surface area contributed by atoms with Crippen molar-refractivity contribution in [1.29, 1.82) is 0 Å². The molecule has 0 bridgehead atoms. The molecule has 2 N–H and O–H groups in total. The largest absolute Gasteiger partial charge is 0.346 e. The third-order valence-corrected chi connectivity index (χ3v) is 3.79. The molecule has 1 aliphatic rings. The maximum atomic E-state index is 12.1. The maximum absolute atomic E-state index is 12.1. The molecule has 0 aromatic carbocycles. The normalized spacial score (nSPS) is 27.5. The third kappa shape index (κ3) is 3.48. The molecule has 16 heavy (non-hydrogen) atoms. The van der Waals surface area contributed by atoms with Gasteiger partial charge in [0.15, 0.2) is 0 Å². The van der Waals surface area contributed by atoms with Crippen LogP contribution in [0.5, 0.6) is 0 Å². The molecule has 3 nitrogen and oxygen atoms in total. The number of hydrogen-bond donors (Lipinski definition) is 1. The molecule has 3 unspecified atom stereocenters. The van der Waals surface area contributed by atoms with Crippen molar-refractivity contribution in [2.24, 2.45) is 17.6 Å². The van der Waals surface area contributed by atoms with Crippen molar-refractivity contribution >= 4 is 5.91 Å². The summed E-state index contributed by atoms with van der Waals surface area (Å²) in [5.74, 6) is 0.930. The summed E-state index contributed by atoms with van der Waals surface area (Å²) < 4.78 is 0. The van der Waals surface area contributed by atoms with Crippen LogP contribution in [-0.2, 0) is 4.79 Å². The van der Waals surface area contributed by atoms with E-state index in [2.05, 4.69) is 13.8 Å². The molecule has 1 saturated carbocycles. The van der Waals surface area contributed by atoms with E-state index in [-0.39, 0.29) is 5.92 Å². The van der Waals surface area contributed by atoms with E-state index >= 15 is 0 Å². The summed E-state index contributed by atoms with van der Waals surface area (Å²) in [6.45, 7) is 5.03. The Bertz CT molecular complexity index is 230. The number of hydrogen-bond acceptors (Lipinski definition) is 2. The molecule has 94 valence electrons. The Balaban J connectivity index is 2.48. The van der Waals surface area contributed by atoms with E-state index in [0.29, 0.717) is 17.9 Å². The highest BCUT2D eigenvalue weighted by atomic mass is 16.2. The average Bonchev–Trinajstić information content (AvgIpc) is 2.27. The topological polar surface area (TPSA) is 46.3 Å². The summed E-state index contributed by atoms with van der Waals surface area (Å²) >= 11 is 0. The second kappa shape index (κ2) is 6.24. The Morgan fingerprint density at radius 1 is 1.50 bits per heavy atom. The number of rotatable bonds is 4. The maximum Gasteiger partial charge on any atom is 0.225 e. The van der Waals surface area contributed by atoms with Gasteiger partial charge in [-0.15, -0.1) is 0 Å². The first-order chi connectivity index (χ1) is 7.56. The number of nitrogens with zero attached hydrogens (tertiary/aromatic N) is 1. The van der Waals surface area contributed by atoms with Crippen LogP contribution in [0.1, 0.15) is 46.0 Å². The van der Waals surface area contributed by atoms with Crippen LogP contribution in [0.3, 0.4) is 0 Å². The highest BCUT2D eigenvalue weighted by Crippen LogP contribution is 2.30. The fraction of sp³-hybridized carbons (Fsp3) is 0.923. The lowest BCUT2D eigenvalue weighted by Gasteiger charge is -2.32. The summed E-state index contributed by atoms with van der Waals surface area (Å²) in [7, 11) is 1.91. The fourth-order valence-corrected chi connectivity index (χ4v) is 2.72. The Kier molecular flexibility index (Phi) is 5.26. The molecule has 0 spiro atoms. The van der Waals surface area contributed by atoms with Crippen LogP contribution in [0.4, 0.5) is 0 Å². The molecule has 1 fully saturated rings. The molecule has 0 aliphatic heterocycles. The van der Waals surface area contributed by atoms with Gasteiger partial charge in [0.25, 0.3) is 0 Å². The second-order valence-corrected chi connectivity index (χ2v) is 5.24. The van der Waals surface area contributed by atoms with Gasteiger partial charge in [0, 0.05) is 25.6 Å². The first kappa shape index (κ1) is 13.5. The van der Waals surface area contributed by atoms with Crippen LogP contribution in [-0.4, -0.2) is 30.4 Å². The predicted molar refractivity (Wildman–Crippen MR) is 67.0 cm³/mol. The van der Waals surface area contributed by atoms with Crippen molar-refractivity contribution in [3.63, 3.8) is 0 Å². The van der Waals surface area contributed by atoms with Gasteiger partial charge in [-0.3, -0.25) is 4.79 Å². The van der Waals surface area contributed by atoms with E-state index in [1.54, 1.807) is 0 Å². The number of amides is 1. The van der Waals surface area contributed by atoms with Gasteiger partial charge in [0.05, 0.1) is 0 Å². The molecule has 0 aromatic rings. The highest BCUT2D eigenvalue weighted by molar-refractivity contribution is 5.78. The number of carbonyl (C=O) groups is 1. The quantitative estimate of drug-likeness (QED) is 0.797. The number of carbonyl (C=O) groups excluding carboxylic acids is 1. The van der Waals surface area contributed by atoms with E-state index in [9.17, 15) is 4.79 Å². The van der Waals surface area contributed by atoms with E-state index in [0.717, 1.165) is 25.8 Å². The van der Waals surface area contributed by atoms with Crippen LogP contribution < -0.4 is 5.73 Å². The van der Waals surface area contributed by atoms with Gasteiger partial charge in [0.1, 0.15) is 0 Å². The zero-order valence-corrected chi connectivity index (χ0v) is 10.9. The minimum absolute atomic E-state index is 0.142. The monoisotopic (exact) mass is 226 g/mol. The van der Waals surface area contributed by atoms with Crippen molar-refractivity contribution in [1.82, 2.24) is 4.90 Å². The van der Waals surface area contributed by atoms with E-state index in [1.165, 1.54) is 12.8 Å². The first-order valence-corrected chi connectivity index (χ1v) is 6.56. The Morgan fingerprint density at radius 3 is 2.75 bits per heavy atom. The Morgan fingerprint density at radius 2 is 2.19 bits per heavy atom. The van der Waals surface area contributed by atoms with Gasteiger partial charge in [0.2, 0.25) is 5.91 Å². The molecule has 0 heterocycles. The van der Waals surface area contributed by atoms with Gasteiger partial charge in [-0.25, -0.2) is 0 Å². The smallest absolute Gasteiger partial charge is 0.225 e. The minimum Gasteiger partial charge on any atom is -0.346 e. The second-order valence-electron chi connectivity index (χ2n) is 5.24. The van der Waals surface area contributed by atoms with Crippen molar-refractivity contribution < 1.29 is 4.79 Å². The van der Waals surface area contributed by atoms with E-state index < -0.39 is 0 Å². The standard InChI is InChI=1S/C13H26N2O/c1-4-8-15(3)13(16)10(2)11-6-5-7-12(14)9-11/h10-12H,4-9,14H2,1-3H3.